The molecular weight excluding hydrogens is 267 g/mol. The Balaban J connectivity index is 2.36. The highest BCUT2D eigenvalue weighted by Crippen LogP contribution is 2.28. The zero-order valence-electron chi connectivity index (χ0n) is 12.4. The minimum Gasteiger partial charge on any atom is -0.398 e. The number of halogens is 1. The van der Waals surface area contributed by atoms with E-state index in [9.17, 15) is 9.18 Å². The van der Waals surface area contributed by atoms with Gasteiger partial charge in [0.05, 0.1) is 5.56 Å². The average Bonchev–Trinajstić information content (AvgIpc) is 2.40. The van der Waals surface area contributed by atoms with Gasteiger partial charge in [0, 0.05) is 11.4 Å². The topological polar surface area (TPSA) is 55.1 Å². The van der Waals surface area contributed by atoms with E-state index in [-0.39, 0.29) is 23.1 Å². The summed E-state index contributed by atoms with van der Waals surface area (Å²) in [5, 5.41) is 2.90. The Labute approximate surface area is 124 Å². The van der Waals surface area contributed by atoms with Crippen molar-refractivity contribution in [1.82, 2.24) is 0 Å². The predicted octanol–water partition coefficient (Wildman–Crippen LogP) is 4.09. The van der Waals surface area contributed by atoms with E-state index in [1.807, 2.05) is 25.1 Å². The summed E-state index contributed by atoms with van der Waals surface area (Å²) in [5.41, 5.74) is 8.95. The van der Waals surface area contributed by atoms with Crippen molar-refractivity contribution in [2.45, 2.75) is 26.7 Å². The molecule has 0 fully saturated rings. The largest absolute Gasteiger partial charge is 0.398 e. The summed E-state index contributed by atoms with van der Waals surface area (Å²) in [6.45, 7) is 6.07. The van der Waals surface area contributed by atoms with Gasteiger partial charge in [-0.15, -0.1) is 0 Å². The van der Waals surface area contributed by atoms with Crippen LogP contribution in [0.4, 0.5) is 15.8 Å². The van der Waals surface area contributed by atoms with E-state index in [2.05, 4.69) is 19.2 Å². The van der Waals surface area contributed by atoms with Crippen LogP contribution in [0.5, 0.6) is 0 Å². The molecule has 0 saturated heterocycles. The number of carbonyl (C=O) groups excluding carboxylic acids is 1. The Kier molecular flexibility index (Phi) is 4.26. The van der Waals surface area contributed by atoms with E-state index < -0.39 is 5.82 Å². The van der Waals surface area contributed by atoms with E-state index >= 15 is 0 Å². The Bertz CT molecular complexity index is 680. The number of rotatable bonds is 3. The molecule has 110 valence electrons. The molecule has 1 amide bonds. The highest BCUT2D eigenvalue weighted by Gasteiger charge is 2.15. The maximum atomic E-state index is 13.1. The van der Waals surface area contributed by atoms with Crippen LogP contribution in [0.15, 0.2) is 36.4 Å². The number of nitrogens with two attached hydrogens (primary N) is 1. The van der Waals surface area contributed by atoms with Gasteiger partial charge in [-0.05, 0) is 42.2 Å². The lowest BCUT2D eigenvalue weighted by Gasteiger charge is -2.17. The van der Waals surface area contributed by atoms with E-state index in [4.69, 9.17) is 5.73 Å². The Morgan fingerprint density at radius 1 is 1.24 bits per heavy atom. The van der Waals surface area contributed by atoms with Crippen molar-refractivity contribution in [2.24, 2.45) is 0 Å². The van der Waals surface area contributed by atoms with Crippen molar-refractivity contribution in [2.75, 3.05) is 11.1 Å². The Morgan fingerprint density at radius 2 is 1.95 bits per heavy atom. The molecule has 2 aromatic rings. The number of para-hydroxylation sites is 1. The highest BCUT2D eigenvalue weighted by atomic mass is 19.1. The molecule has 0 unspecified atom stereocenters. The standard InChI is InChI=1S/C17H19FN2O/c1-10(2)13-6-4-5-11(3)16(13)20-17(21)14-8-7-12(18)9-15(14)19/h4-10H,19H2,1-3H3,(H,20,21). The van der Waals surface area contributed by atoms with Gasteiger partial charge in [0.2, 0.25) is 0 Å². The molecule has 21 heavy (non-hydrogen) atoms. The molecule has 0 aliphatic rings. The van der Waals surface area contributed by atoms with Gasteiger partial charge in [0.25, 0.3) is 5.91 Å². The predicted molar refractivity (Wildman–Crippen MR) is 84.0 cm³/mol. The number of anilines is 2. The van der Waals surface area contributed by atoms with Crippen LogP contribution in [-0.4, -0.2) is 5.91 Å². The molecule has 0 heterocycles. The smallest absolute Gasteiger partial charge is 0.257 e. The maximum Gasteiger partial charge on any atom is 0.257 e. The second-order valence-electron chi connectivity index (χ2n) is 5.38. The third-order valence-corrected chi connectivity index (χ3v) is 3.42. The lowest BCUT2D eigenvalue weighted by atomic mass is 9.98. The van der Waals surface area contributed by atoms with Crippen molar-refractivity contribution in [1.29, 1.82) is 0 Å². The number of aryl methyl sites for hydroxylation is 1. The van der Waals surface area contributed by atoms with Crippen LogP contribution in [0, 0.1) is 12.7 Å². The summed E-state index contributed by atoms with van der Waals surface area (Å²) in [5.74, 6) is -0.503. The first-order valence-corrected chi connectivity index (χ1v) is 6.86. The zero-order valence-corrected chi connectivity index (χ0v) is 12.4. The zero-order chi connectivity index (χ0) is 15.6. The van der Waals surface area contributed by atoms with Gasteiger partial charge in [-0.1, -0.05) is 32.0 Å². The lowest BCUT2D eigenvalue weighted by molar-refractivity contribution is 0.102. The monoisotopic (exact) mass is 286 g/mol. The van der Waals surface area contributed by atoms with Crippen LogP contribution in [-0.2, 0) is 0 Å². The normalized spacial score (nSPS) is 10.7. The fourth-order valence-corrected chi connectivity index (χ4v) is 2.26. The van der Waals surface area contributed by atoms with Crippen molar-refractivity contribution >= 4 is 17.3 Å². The van der Waals surface area contributed by atoms with Crippen molar-refractivity contribution in [3.05, 3.63) is 58.9 Å². The van der Waals surface area contributed by atoms with Gasteiger partial charge in [-0.3, -0.25) is 4.79 Å². The van der Waals surface area contributed by atoms with Crippen LogP contribution in [0.1, 0.15) is 41.3 Å². The molecule has 2 aromatic carbocycles. The molecule has 0 bridgehead atoms. The first kappa shape index (κ1) is 15.0. The lowest BCUT2D eigenvalue weighted by Crippen LogP contribution is -2.16. The number of amides is 1. The molecule has 0 atom stereocenters. The second kappa shape index (κ2) is 5.95. The number of carbonyl (C=O) groups is 1. The van der Waals surface area contributed by atoms with E-state index in [1.165, 1.54) is 12.1 Å². The molecule has 0 aromatic heterocycles. The van der Waals surface area contributed by atoms with Gasteiger partial charge in [0.15, 0.2) is 0 Å². The number of nitrogen functional groups attached to an aromatic ring is 1. The number of hydrogen-bond donors (Lipinski definition) is 2. The molecule has 0 aliphatic carbocycles. The summed E-state index contributed by atoms with van der Waals surface area (Å²) < 4.78 is 13.1. The van der Waals surface area contributed by atoms with Crippen LogP contribution in [0.25, 0.3) is 0 Å². The summed E-state index contributed by atoms with van der Waals surface area (Å²) in [4.78, 5) is 12.4. The van der Waals surface area contributed by atoms with E-state index in [1.54, 1.807) is 0 Å². The van der Waals surface area contributed by atoms with Gasteiger partial charge in [-0.25, -0.2) is 4.39 Å². The minimum atomic E-state index is -0.456. The molecule has 0 spiro atoms. The van der Waals surface area contributed by atoms with Crippen LogP contribution >= 0.6 is 0 Å². The number of benzene rings is 2. The molecule has 4 heteroatoms. The van der Waals surface area contributed by atoms with Gasteiger partial charge >= 0.3 is 0 Å². The molecule has 0 radical (unpaired) electrons. The van der Waals surface area contributed by atoms with E-state index in [0.29, 0.717) is 0 Å². The molecule has 3 nitrogen and oxygen atoms in total. The third-order valence-electron chi connectivity index (χ3n) is 3.42. The van der Waals surface area contributed by atoms with Crippen molar-refractivity contribution in [3.8, 4) is 0 Å². The SMILES string of the molecule is Cc1cccc(C(C)C)c1NC(=O)c1ccc(F)cc1N. The number of nitrogens with one attached hydrogen (secondary N) is 1. The summed E-state index contributed by atoms with van der Waals surface area (Å²) in [6.07, 6.45) is 0. The fraction of sp³-hybridized carbons (Fsp3) is 0.235. The summed E-state index contributed by atoms with van der Waals surface area (Å²) >= 11 is 0. The molecular formula is C17H19FN2O. The van der Waals surface area contributed by atoms with E-state index in [0.717, 1.165) is 22.9 Å². The van der Waals surface area contributed by atoms with Crippen LogP contribution in [0.2, 0.25) is 0 Å². The quantitative estimate of drug-likeness (QED) is 0.835. The summed E-state index contributed by atoms with van der Waals surface area (Å²) in [7, 11) is 0. The Hall–Kier alpha value is -2.36. The second-order valence-corrected chi connectivity index (χ2v) is 5.38. The molecule has 2 rings (SSSR count). The molecule has 3 N–H and O–H groups in total. The van der Waals surface area contributed by atoms with Gasteiger partial charge < -0.3 is 11.1 Å². The fourth-order valence-electron chi connectivity index (χ4n) is 2.26. The highest BCUT2D eigenvalue weighted by molar-refractivity contribution is 6.08. The minimum absolute atomic E-state index is 0.132. The van der Waals surface area contributed by atoms with Gasteiger partial charge in [0.1, 0.15) is 5.82 Å². The Morgan fingerprint density at radius 3 is 2.57 bits per heavy atom. The summed E-state index contributed by atoms with van der Waals surface area (Å²) in [6, 6.07) is 9.67. The third kappa shape index (κ3) is 3.21. The molecule has 0 aliphatic heterocycles. The first-order valence-electron chi connectivity index (χ1n) is 6.86. The maximum absolute atomic E-state index is 13.1. The molecule has 0 saturated carbocycles. The average molecular weight is 286 g/mol. The number of hydrogen-bond acceptors (Lipinski definition) is 2. The van der Waals surface area contributed by atoms with Crippen LogP contribution in [0.3, 0.4) is 0 Å². The van der Waals surface area contributed by atoms with Crippen molar-refractivity contribution in [3.63, 3.8) is 0 Å². The first-order chi connectivity index (χ1) is 9.90. The van der Waals surface area contributed by atoms with Crippen molar-refractivity contribution < 1.29 is 9.18 Å². The van der Waals surface area contributed by atoms with Crippen LogP contribution < -0.4 is 11.1 Å². The van der Waals surface area contributed by atoms with Gasteiger partial charge in [-0.2, -0.15) is 0 Å².